The molecule has 0 saturated carbocycles. The van der Waals surface area contributed by atoms with Crippen LogP contribution in [-0.2, 0) is 14.5 Å². The van der Waals surface area contributed by atoms with E-state index in [9.17, 15) is 13.2 Å². The second-order valence-corrected chi connectivity index (χ2v) is 4.08. The van der Waals surface area contributed by atoms with Crippen molar-refractivity contribution >= 4 is 34.9 Å². The van der Waals surface area contributed by atoms with Gasteiger partial charge in [-0.2, -0.15) is 8.42 Å². The van der Waals surface area contributed by atoms with Crippen LogP contribution in [0.3, 0.4) is 0 Å². The van der Waals surface area contributed by atoms with Gasteiger partial charge in [0.1, 0.15) is 0 Å². The van der Waals surface area contributed by atoms with Crippen molar-refractivity contribution < 1.29 is 17.4 Å². The topological polar surface area (TPSA) is 86.5 Å². The normalized spacial score (nSPS) is 10.6. The molecule has 0 atom stereocenters. The van der Waals surface area contributed by atoms with E-state index >= 15 is 0 Å². The SMILES string of the molecule is NS(=O)(=O)OCCC(=O)c1ccccc1.[LiH]. The molecule has 0 aliphatic heterocycles. The van der Waals surface area contributed by atoms with E-state index in [0.717, 1.165) is 0 Å². The summed E-state index contributed by atoms with van der Waals surface area (Å²) in [5, 5.41) is 4.60. The molecule has 1 rings (SSSR count). The summed E-state index contributed by atoms with van der Waals surface area (Å²) in [5.41, 5.74) is 0.524. The van der Waals surface area contributed by atoms with Crippen LogP contribution in [0, 0.1) is 0 Å². The summed E-state index contributed by atoms with van der Waals surface area (Å²) in [6.07, 6.45) is -0.0134. The Balaban J connectivity index is 0.00000225. The van der Waals surface area contributed by atoms with Gasteiger partial charge in [-0.25, -0.2) is 5.14 Å². The summed E-state index contributed by atoms with van der Waals surface area (Å²) in [6.45, 7) is -0.230. The summed E-state index contributed by atoms with van der Waals surface area (Å²) in [7, 11) is -3.95. The Labute approximate surface area is 106 Å². The third-order valence-electron chi connectivity index (χ3n) is 1.67. The number of hydrogen-bond acceptors (Lipinski definition) is 4. The zero-order valence-electron chi connectivity index (χ0n) is 7.92. The first-order chi connectivity index (χ1) is 6.99. The molecule has 0 amide bonds. The van der Waals surface area contributed by atoms with Crippen molar-refractivity contribution in [3.63, 3.8) is 0 Å². The summed E-state index contributed by atoms with van der Waals surface area (Å²) in [4.78, 5) is 11.4. The van der Waals surface area contributed by atoms with Crippen LogP contribution < -0.4 is 5.14 Å². The fraction of sp³-hybridized carbons (Fsp3) is 0.222. The van der Waals surface area contributed by atoms with E-state index in [4.69, 9.17) is 0 Å². The van der Waals surface area contributed by atoms with Gasteiger partial charge >= 0.3 is 29.2 Å². The number of hydrogen-bond donors (Lipinski definition) is 1. The first-order valence-electron chi connectivity index (χ1n) is 4.24. The molecule has 7 heteroatoms. The molecule has 0 aromatic heterocycles. The maximum absolute atomic E-state index is 11.4. The van der Waals surface area contributed by atoms with Crippen LogP contribution in [0.4, 0.5) is 0 Å². The van der Waals surface area contributed by atoms with E-state index in [-0.39, 0.29) is 37.7 Å². The summed E-state index contributed by atoms with van der Waals surface area (Å²) >= 11 is 0. The molecule has 0 unspecified atom stereocenters. The maximum atomic E-state index is 11.4. The van der Waals surface area contributed by atoms with Gasteiger partial charge in [0.05, 0.1) is 6.61 Å². The number of carbonyl (C=O) groups excluding carboxylic acids is 1. The number of benzene rings is 1. The third-order valence-corrected chi connectivity index (χ3v) is 2.17. The predicted molar refractivity (Wildman–Crippen MR) is 61.6 cm³/mol. The van der Waals surface area contributed by atoms with Gasteiger partial charge < -0.3 is 0 Å². The van der Waals surface area contributed by atoms with Crippen LogP contribution in [0.1, 0.15) is 16.8 Å². The van der Waals surface area contributed by atoms with Crippen LogP contribution in [0.15, 0.2) is 30.3 Å². The molecule has 0 aliphatic rings. The number of nitrogens with two attached hydrogens (primary N) is 1. The quantitative estimate of drug-likeness (QED) is 0.569. The average molecular weight is 237 g/mol. The van der Waals surface area contributed by atoms with Crippen LogP contribution in [-0.4, -0.2) is 39.7 Å². The Morgan fingerprint density at radius 1 is 1.25 bits per heavy atom. The second-order valence-electron chi connectivity index (χ2n) is 2.85. The monoisotopic (exact) mass is 237 g/mol. The molecule has 2 N–H and O–H groups in total. The Kier molecular flexibility index (Phi) is 6.56. The predicted octanol–water partition coefficient (Wildman–Crippen LogP) is -0.169. The Bertz CT molecular complexity index is 432. The van der Waals surface area contributed by atoms with Crippen molar-refractivity contribution in [1.82, 2.24) is 0 Å². The molecule has 5 nitrogen and oxygen atoms in total. The molecular formula is C9H12LiNO4S. The molecule has 1 aromatic rings. The van der Waals surface area contributed by atoms with Gasteiger partial charge in [-0.1, -0.05) is 30.3 Å². The average Bonchev–Trinajstić information content (AvgIpc) is 2.17. The van der Waals surface area contributed by atoms with Crippen molar-refractivity contribution in [2.45, 2.75) is 6.42 Å². The van der Waals surface area contributed by atoms with Crippen molar-refractivity contribution in [2.24, 2.45) is 5.14 Å². The van der Waals surface area contributed by atoms with Crippen LogP contribution in [0.5, 0.6) is 0 Å². The van der Waals surface area contributed by atoms with Crippen LogP contribution in [0.25, 0.3) is 0 Å². The molecule has 0 saturated heterocycles. The molecule has 0 aliphatic carbocycles. The summed E-state index contributed by atoms with van der Waals surface area (Å²) in [5.74, 6) is -0.181. The molecule has 0 bridgehead atoms. The number of ketones is 1. The van der Waals surface area contributed by atoms with E-state index in [1.54, 1.807) is 30.3 Å². The van der Waals surface area contributed by atoms with Gasteiger partial charge in [0.25, 0.3) is 0 Å². The first-order valence-corrected chi connectivity index (χ1v) is 5.71. The molecule has 84 valence electrons. The fourth-order valence-corrected chi connectivity index (χ4v) is 1.33. The number of Topliss-reactive ketones (excluding diaryl/α,β-unsaturated/α-hetero) is 1. The van der Waals surface area contributed by atoms with Crippen molar-refractivity contribution in [1.29, 1.82) is 0 Å². The molecule has 0 radical (unpaired) electrons. The molecular weight excluding hydrogens is 225 g/mol. The van der Waals surface area contributed by atoms with Crippen molar-refractivity contribution in [3.05, 3.63) is 35.9 Å². The minimum atomic E-state index is -3.95. The minimum absolute atomic E-state index is 0. The van der Waals surface area contributed by atoms with E-state index in [0.29, 0.717) is 5.56 Å². The van der Waals surface area contributed by atoms with Crippen LogP contribution >= 0.6 is 0 Å². The van der Waals surface area contributed by atoms with Gasteiger partial charge in [0.2, 0.25) is 0 Å². The van der Waals surface area contributed by atoms with E-state index in [1.807, 2.05) is 0 Å². The van der Waals surface area contributed by atoms with Gasteiger partial charge in [0, 0.05) is 12.0 Å². The number of carbonyl (C=O) groups is 1. The van der Waals surface area contributed by atoms with Gasteiger partial charge in [0.15, 0.2) is 5.78 Å². The molecule has 0 spiro atoms. The zero-order chi connectivity index (χ0) is 11.3. The first kappa shape index (κ1) is 15.4. The van der Waals surface area contributed by atoms with Crippen molar-refractivity contribution in [3.8, 4) is 0 Å². The summed E-state index contributed by atoms with van der Waals surface area (Å²) in [6, 6.07) is 8.55. The van der Waals surface area contributed by atoms with Gasteiger partial charge in [-0.05, 0) is 0 Å². The molecule has 1 aromatic carbocycles. The molecule has 0 fully saturated rings. The number of rotatable bonds is 5. The Morgan fingerprint density at radius 3 is 2.31 bits per heavy atom. The van der Waals surface area contributed by atoms with Crippen molar-refractivity contribution in [2.75, 3.05) is 6.61 Å². The zero-order valence-corrected chi connectivity index (χ0v) is 8.74. The van der Waals surface area contributed by atoms with Gasteiger partial charge in [-0.3, -0.25) is 8.98 Å². The van der Waals surface area contributed by atoms with E-state index < -0.39 is 10.3 Å². The van der Waals surface area contributed by atoms with Gasteiger partial charge in [-0.15, -0.1) is 0 Å². The summed E-state index contributed by atoms with van der Waals surface area (Å²) < 4.78 is 25.0. The Morgan fingerprint density at radius 2 is 1.81 bits per heavy atom. The van der Waals surface area contributed by atoms with Crippen LogP contribution in [0.2, 0.25) is 0 Å². The third kappa shape index (κ3) is 6.05. The van der Waals surface area contributed by atoms with E-state index in [1.165, 1.54) is 0 Å². The second kappa shape index (κ2) is 6.84. The fourth-order valence-electron chi connectivity index (χ4n) is 1.02. The molecule has 0 heterocycles. The molecule has 16 heavy (non-hydrogen) atoms. The Hall–Kier alpha value is -0.643. The standard InChI is InChI=1S/C9H11NO4S.Li.H/c10-15(12,13)14-7-6-9(11)8-4-2-1-3-5-8;;/h1-5H,6-7H2,(H2,10,12,13);;. The van der Waals surface area contributed by atoms with E-state index in [2.05, 4.69) is 9.32 Å².